The number of hydrogen-bond acceptors (Lipinski definition) is 4. The minimum Gasteiger partial charge on any atom is -0.481 e. The largest absolute Gasteiger partial charge is 0.481 e. The van der Waals surface area contributed by atoms with Crippen molar-refractivity contribution in [2.24, 2.45) is 23.0 Å². The van der Waals surface area contributed by atoms with Crippen LogP contribution >= 0.6 is 0 Å². The molecule has 1 heterocycles. The quantitative estimate of drug-likeness (QED) is 0.651. The lowest BCUT2D eigenvalue weighted by molar-refractivity contribution is -0.142. The number of carboxylic acid groups (broad SMARTS) is 1. The average Bonchev–Trinajstić information content (AvgIpc) is 2.81. The molecule has 3 unspecified atom stereocenters. The zero-order chi connectivity index (χ0) is 16.0. The van der Waals surface area contributed by atoms with E-state index in [-0.39, 0.29) is 24.5 Å². The van der Waals surface area contributed by atoms with Gasteiger partial charge in [0, 0.05) is 6.42 Å². The van der Waals surface area contributed by atoms with Gasteiger partial charge >= 0.3 is 5.97 Å². The molecule has 0 aromatic carbocycles. The molecule has 4 N–H and O–H groups in total. The van der Waals surface area contributed by atoms with Gasteiger partial charge in [-0.2, -0.15) is 0 Å². The van der Waals surface area contributed by atoms with Gasteiger partial charge in [0.15, 0.2) is 0 Å². The molecule has 1 fully saturated rings. The van der Waals surface area contributed by atoms with Crippen molar-refractivity contribution < 1.29 is 19.4 Å². The Balaban J connectivity index is 2.44. The van der Waals surface area contributed by atoms with Gasteiger partial charge in [-0.15, -0.1) is 0 Å². The standard InChI is InChI=1S/C15H28N2O4/c1-15(2,3)10(6-7-16)4-5-13(18)17-12-9-21-8-11(12)14(19)20/h10-12H,4-9,16H2,1-3H3,(H,17,18)(H,19,20). The molecule has 0 aromatic heterocycles. The molecular formula is C15H28N2O4. The Morgan fingerprint density at radius 2 is 2.00 bits per heavy atom. The van der Waals surface area contributed by atoms with E-state index in [2.05, 4.69) is 26.1 Å². The number of aliphatic carboxylic acids is 1. The van der Waals surface area contributed by atoms with Crippen LogP contribution in [0.1, 0.15) is 40.0 Å². The van der Waals surface area contributed by atoms with Crippen molar-refractivity contribution in [1.29, 1.82) is 0 Å². The first-order chi connectivity index (χ1) is 9.75. The van der Waals surface area contributed by atoms with Crippen LogP contribution in [-0.4, -0.2) is 42.8 Å². The molecule has 0 radical (unpaired) electrons. The molecule has 0 aliphatic carbocycles. The predicted molar refractivity (Wildman–Crippen MR) is 79.7 cm³/mol. The van der Waals surface area contributed by atoms with Gasteiger partial charge in [-0.25, -0.2) is 0 Å². The number of carbonyl (C=O) groups excluding carboxylic acids is 1. The normalized spacial score (nSPS) is 23.8. The molecule has 6 nitrogen and oxygen atoms in total. The van der Waals surface area contributed by atoms with E-state index in [1.54, 1.807) is 0 Å². The van der Waals surface area contributed by atoms with Crippen LogP contribution in [0.2, 0.25) is 0 Å². The van der Waals surface area contributed by atoms with E-state index in [9.17, 15) is 9.59 Å². The highest BCUT2D eigenvalue weighted by Gasteiger charge is 2.35. The average molecular weight is 300 g/mol. The summed E-state index contributed by atoms with van der Waals surface area (Å²) in [5, 5.41) is 11.8. The number of nitrogens with two attached hydrogens (primary N) is 1. The highest BCUT2D eigenvalue weighted by Crippen LogP contribution is 2.32. The molecule has 1 saturated heterocycles. The number of rotatable bonds is 7. The van der Waals surface area contributed by atoms with Crippen LogP contribution in [0.3, 0.4) is 0 Å². The molecule has 0 aromatic rings. The van der Waals surface area contributed by atoms with Crippen LogP contribution in [-0.2, 0) is 14.3 Å². The van der Waals surface area contributed by atoms with E-state index in [1.807, 2.05) is 0 Å². The van der Waals surface area contributed by atoms with Gasteiger partial charge in [-0.1, -0.05) is 20.8 Å². The number of nitrogens with one attached hydrogen (secondary N) is 1. The molecule has 1 aliphatic rings. The first kappa shape index (κ1) is 17.9. The molecule has 3 atom stereocenters. The number of carboxylic acids is 1. The van der Waals surface area contributed by atoms with Crippen LogP contribution < -0.4 is 11.1 Å². The van der Waals surface area contributed by atoms with Crippen LogP contribution in [0.5, 0.6) is 0 Å². The summed E-state index contributed by atoms with van der Waals surface area (Å²) in [4.78, 5) is 23.0. The zero-order valence-corrected chi connectivity index (χ0v) is 13.2. The Morgan fingerprint density at radius 1 is 1.33 bits per heavy atom. The molecular weight excluding hydrogens is 272 g/mol. The molecule has 122 valence electrons. The van der Waals surface area contributed by atoms with Crippen LogP contribution in [0, 0.1) is 17.3 Å². The third kappa shape index (κ3) is 5.63. The molecule has 0 bridgehead atoms. The minimum atomic E-state index is -0.923. The van der Waals surface area contributed by atoms with Gasteiger partial charge in [0.25, 0.3) is 0 Å². The van der Waals surface area contributed by atoms with Gasteiger partial charge in [-0.3, -0.25) is 9.59 Å². The number of amides is 1. The van der Waals surface area contributed by atoms with E-state index >= 15 is 0 Å². The highest BCUT2D eigenvalue weighted by molar-refractivity contribution is 5.78. The number of carbonyl (C=O) groups is 2. The maximum atomic E-state index is 12.0. The molecule has 1 aliphatic heterocycles. The van der Waals surface area contributed by atoms with Crippen molar-refractivity contribution in [3.8, 4) is 0 Å². The van der Waals surface area contributed by atoms with E-state index in [4.69, 9.17) is 15.6 Å². The summed E-state index contributed by atoms with van der Waals surface area (Å²) in [5.41, 5.74) is 5.74. The molecule has 1 amide bonds. The van der Waals surface area contributed by atoms with Crippen molar-refractivity contribution in [3.05, 3.63) is 0 Å². The van der Waals surface area contributed by atoms with Gasteiger partial charge in [-0.05, 0) is 30.7 Å². The summed E-state index contributed by atoms with van der Waals surface area (Å²) in [6, 6.07) is -0.419. The van der Waals surface area contributed by atoms with E-state index < -0.39 is 17.9 Å². The first-order valence-corrected chi connectivity index (χ1v) is 7.55. The third-order valence-electron chi connectivity index (χ3n) is 4.20. The second kappa shape index (κ2) is 7.75. The van der Waals surface area contributed by atoms with Gasteiger partial charge in [0.1, 0.15) is 5.92 Å². The Hall–Kier alpha value is -1.14. The molecule has 6 heteroatoms. The maximum Gasteiger partial charge on any atom is 0.311 e. The van der Waals surface area contributed by atoms with Crippen molar-refractivity contribution in [2.45, 2.75) is 46.1 Å². The van der Waals surface area contributed by atoms with Crippen LogP contribution in [0.15, 0.2) is 0 Å². The summed E-state index contributed by atoms with van der Waals surface area (Å²) < 4.78 is 5.14. The van der Waals surface area contributed by atoms with Gasteiger partial charge < -0.3 is 20.9 Å². The van der Waals surface area contributed by atoms with Gasteiger partial charge in [0.2, 0.25) is 5.91 Å². The fourth-order valence-electron chi connectivity index (χ4n) is 2.74. The van der Waals surface area contributed by atoms with Gasteiger partial charge in [0.05, 0.1) is 19.3 Å². The van der Waals surface area contributed by atoms with E-state index in [0.29, 0.717) is 18.9 Å². The Morgan fingerprint density at radius 3 is 2.52 bits per heavy atom. The summed E-state index contributed by atoms with van der Waals surface area (Å²) in [7, 11) is 0. The van der Waals surface area contributed by atoms with Crippen molar-refractivity contribution >= 4 is 11.9 Å². The van der Waals surface area contributed by atoms with E-state index in [0.717, 1.165) is 12.8 Å². The van der Waals surface area contributed by atoms with Crippen molar-refractivity contribution in [2.75, 3.05) is 19.8 Å². The fraction of sp³-hybridized carbons (Fsp3) is 0.867. The molecule has 0 spiro atoms. The number of ether oxygens (including phenoxy) is 1. The summed E-state index contributed by atoms with van der Waals surface area (Å²) in [5.74, 6) is -1.30. The second-order valence-corrected chi connectivity index (χ2v) is 6.84. The predicted octanol–water partition coefficient (Wildman–Crippen LogP) is 0.994. The second-order valence-electron chi connectivity index (χ2n) is 6.84. The lowest BCUT2D eigenvalue weighted by atomic mass is 9.76. The smallest absolute Gasteiger partial charge is 0.311 e. The molecule has 0 saturated carbocycles. The summed E-state index contributed by atoms with van der Waals surface area (Å²) in [6.07, 6.45) is 2.05. The van der Waals surface area contributed by atoms with Crippen molar-refractivity contribution in [1.82, 2.24) is 5.32 Å². The molecule has 1 rings (SSSR count). The Labute approximate surface area is 126 Å². The summed E-state index contributed by atoms with van der Waals surface area (Å²) >= 11 is 0. The zero-order valence-electron chi connectivity index (χ0n) is 13.2. The van der Waals surface area contributed by atoms with Crippen LogP contribution in [0.25, 0.3) is 0 Å². The SMILES string of the molecule is CC(C)(C)C(CCN)CCC(=O)NC1COCC1C(=O)O. The lowest BCUT2D eigenvalue weighted by Gasteiger charge is -2.30. The highest BCUT2D eigenvalue weighted by atomic mass is 16.5. The first-order valence-electron chi connectivity index (χ1n) is 7.55. The minimum absolute atomic E-state index is 0.108. The monoisotopic (exact) mass is 300 g/mol. The summed E-state index contributed by atoms with van der Waals surface area (Å²) in [6.45, 7) is 7.50. The van der Waals surface area contributed by atoms with Crippen LogP contribution in [0.4, 0.5) is 0 Å². The third-order valence-corrected chi connectivity index (χ3v) is 4.20. The fourth-order valence-corrected chi connectivity index (χ4v) is 2.74. The number of hydrogen-bond donors (Lipinski definition) is 3. The van der Waals surface area contributed by atoms with E-state index in [1.165, 1.54) is 0 Å². The molecule has 21 heavy (non-hydrogen) atoms. The lowest BCUT2D eigenvalue weighted by Crippen LogP contribution is -2.42. The maximum absolute atomic E-state index is 12.0. The van der Waals surface area contributed by atoms with Crippen molar-refractivity contribution in [3.63, 3.8) is 0 Å². The Bertz CT molecular complexity index is 365. The Kier molecular flexibility index (Phi) is 6.61. The topological polar surface area (TPSA) is 102 Å².